The highest BCUT2D eigenvalue weighted by Gasteiger charge is 2.44. The molecule has 1 aromatic carbocycles. The Morgan fingerprint density at radius 2 is 2.03 bits per heavy atom. The molecule has 0 unspecified atom stereocenters. The molecule has 0 atom stereocenters. The first kappa shape index (κ1) is 20.7. The smallest absolute Gasteiger partial charge is 0.411 e. The van der Waals surface area contributed by atoms with Gasteiger partial charge in [0.05, 0.1) is 48.2 Å². The highest BCUT2D eigenvalue weighted by atomic mass is 16.5. The van der Waals surface area contributed by atoms with Gasteiger partial charge in [0.2, 0.25) is 0 Å². The maximum Gasteiger partial charge on any atom is 0.411 e. The van der Waals surface area contributed by atoms with Crippen LogP contribution in [-0.2, 0) is 16.1 Å². The summed E-state index contributed by atoms with van der Waals surface area (Å²) in [7, 11) is 1.21. The second-order valence-electron chi connectivity index (χ2n) is 7.21. The first-order valence-electron chi connectivity index (χ1n) is 9.22. The molecule has 1 aliphatic rings. The minimum absolute atomic E-state index is 0.125. The third-order valence-corrected chi connectivity index (χ3v) is 5.01. The van der Waals surface area contributed by atoms with Crippen molar-refractivity contribution in [3.8, 4) is 23.4 Å². The van der Waals surface area contributed by atoms with Gasteiger partial charge in [-0.05, 0) is 38.0 Å². The van der Waals surface area contributed by atoms with E-state index in [0.29, 0.717) is 29.8 Å². The molecule has 1 fully saturated rings. The highest BCUT2D eigenvalue weighted by molar-refractivity contribution is 5.91. The number of aryl methyl sites for hydroxylation is 1. The molecule has 3 rings (SSSR count). The van der Waals surface area contributed by atoms with Gasteiger partial charge in [0.25, 0.3) is 5.56 Å². The van der Waals surface area contributed by atoms with Gasteiger partial charge in [0.1, 0.15) is 5.82 Å². The molecule has 9 heteroatoms. The summed E-state index contributed by atoms with van der Waals surface area (Å²) < 4.78 is 5.86. The van der Waals surface area contributed by atoms with Gasteiger partial charge in [-0.2, -0.15) is 10.5 Å². The van der Waals surface area contributed by atoms with Gasteiger partial charge in [0.15, 0.2) is 5.78 Å². The minimum Gasteiger partial charge on any atom is -0.453 e. The maximum absolute atomic E-state index is 12.7. The normalized spacial score (nSPS) is 13.6. The summed E-state index contributed by atoms with van der Waals surface area (Å²) in [6.07, 6.45) is 0.803. The van der Waals surface area contributed by atoms with E-state index in [9.17, 15) is 14.4 Å². The van der Waals surface area contributed by atoms with E-state index in [1.165, 1.54) is 23.8 Å². The zero-order valence-electron chi connectivity index (χ0n) is 16.6. The number of nitriles is 2. The predicted molar refractivity (Wildman–Crippen MR) is 106 cm³/mol. The number of amides is 1. The molecule has 0 bridgehead atoms. The van der Waals surface area contributed by atoms with Gasteiger partial charge in [-0.3, -0.25) is 19.5 Å². The summed E-state index contributed by atoms with van der Waals surface area (Å²) in [6, 6.07) is 9.99. The number of hydrogen-bond acceptors (Lipinski definition) is 7. The lowest BCUT2D eigenvalue weighted by Crippen LogP contribution is -2.28. The van der Waals surface area contributed by atoms with Crippen molar-refractivity contribution in [2.45, 2.75) is 32.7 Å². The van der Waals surface area contributed by atoms with E-state index in [1.54, 1.807) is 19.1 Å². The number of ether oxygens (including phenoxy) is 1. The van der Waals surface area contributed by atoms with Crippen LogP contribution >= 0.6 is 0 Å². The Bertz CT molecular complexity index is 1170. The second kappa shape index (κ2) is 8.18. The fraction of sp³-hybridized carbons (Fsp3) is 0.333. The predicted octanol–water partition coefficient (Wildman–Crippen LogP) is 2.53. The third kappa shape index (κ3) is 4.36. The summed E-state index contributed by atoms with van der Waals surface area (Å²) in [5, 5.41) is 20.8. The van der Waals surface area contributed by atoms with Gasteiger partial charge in [-0.25, -0.2) is 9.78 Å². The number of nitrogens with one attached hydrogen (secondary N) is 1. The SMILES string of the molecule is COC(=O)Nc1cc(C#N)ccc1-c1cc(=O)n(CC(=O)CC2(C#N)CC2)c(C)n1. The number of carbonyl (C=O) groups is 2. The summed E-state index contributed by atoms with van der Waals surface area (Å²) in [4.78, 5) is 41.1. The van der Waals surface area contributed by atoms with Crippen LogP contribution in [0.1, 0.15) is 30.7 Å². The van der Waals surface area contributed by atoms with Crippen LogP contribution in [0.15, 0.2) is 29.1 Å². The fourth-order valence-electron chi connectivity index (χ4n) is 3.14. The molecule has 1 heterocycles. The van der Waals surface area contributed by atoms with Crippen LogP contribution in [0.3, 0.4) is 0 Å². The van der Waals surface area contributed by atoms with Crippen LogP contribution in [0, 0.1) is 35.0 Å². The average molecular weight is 405 g/mol. The van der Waals surface area contributed by atoms with Crippen molar-refractivity contribution in [2.24, 2.45) is 5.41 Å². The van der Waals surface area contributed by atoms with Crippen molar-refractivity contribution in [1.29, 1.82) is 10.5 Å². The Hall–Kier alpha value is -3.98. The van der Waals surface area contributed by atoms with Crippen molar-refractivity contribution >= 4 is 17.6 Å². The lowest BCUT2D eigenvalue weighted by Gasteiger charge is -2.14. The molecule has 0 radical (unpaired) electrons. The molecule has 0 saturated heterocycles. The van der Waals surface area contributed by atoms with Gasteiger partial charge in [0, 0.05) is 18.1 Å². The Labute approximate surface area is 172 Å². The standard InChI is InChI=1S/C21H19N5O4/c1-13-24-18(16-4-3-14(10-22)7-17(16)25-20(29)30-2)8-19(28)26(13)11-15(27)9-21(12-23)5-6-21/h3-4,7-8H,5-6,9,11H2,1-2H3,(H,25,29). The maximum atomic E-state index is 12.7. The van der Waals surface area contributed by atoms with Crippen LogP contribution in [0.2, 0.25) is 0 Å². The lowest BCUT2D eigenvalue weighted by molar-refractivity contribution is -0.120. The number of Topliss-reactive ketones (excluding diaryl/α,β-unsaturated/α-hetero) is 1. The molecule has 9 nitrogen and oxygen atoms in total. The van der Waals surface area contributed by atoms with E-state index < -0.39 is 17.1 Å². The molecule has 1 amide bonds. The zero-order chi connectivity index (χ0) is 21.9. The number of aromatic nitrogens is 2. The van der Waals surface area contributed by atoms with Crippen LogP contribution < -0.4 is 10.9 Å². The molecule has 2 aromatic rings. The summed E-state index contributed by atoms with van der Waals surface area (Å²) in [6.45, 7) is 1.45. The molecule has 1 aliphatic carbocycles. The van der Waals surface area contributed by atoms with Gasteiger partial charge in [-0.15, -0.1) is 0 Å². The summed E-state index contributed by atoms with van der Waals surface area (Å²) >= 11 is 0. The van der Waals surface area contributed by atoms with Crippen molar-refractivity contribution in [3.63, 3.8) is 0 Å². The monoisotopic (exact) mass is 405 g/mol. The first-order valence-corrected chi connectivity index (χ1v) is 9.22. The van der Waals surface area contributed by atoms with Crippen LogP contribution in [0.4, 0.5) is 10.5 Å². The summed E-state index contributed by atoms with van der Waals surface area (Å²) in [5.41, 5.74) is 0.296. The quantitative estimate of drug-likeness (QED) is 0.779. The van der Waals surface area contributed by atoms with Gasteiger partial charge in [-0.1, -0.05) is 0 Å². The van der Waals surface area contributed by atoms with Crippen molar-refractivity contribution in [1.82, 2.24) is 9.55 Å². The van der Waals surface area contributed by atoms with Crippen molar-refractivity contribution < 1.29 is 14.3 Å². The largest absolute Gasteiger partial charge is 0.453 e. The number of rotatable bonds is 6. The molecule has 0 aliphatic heterocycles. The van der Waals surface area contributed by atoms with E-state index in [2.05, 4.69) is 21.1 Å². The van der Waals surface area contributed by atoms with E-state index >= 15 is 0 Å². The topological polar surface area (TPSA) is 138 Å². The number of ketones is 1. The van der Waals surface area contributed by atoms with E-state index in [-0.39, 0.29) is 30.1 Å². The number of anilines is 1. The second-order valence-corrected chi connectivity index (χ2v) is 7.21. The molecule has 1 N–H and O–H groups in total. The van der Waals surface area contributed by atoms with Gasteiger partial charge < -0.3 is 4.74 Å². The Morgan fingerprint density at radius 3 is 2.60 bits per heavy atom. The minimum atomic E-state index is -0.728. The number of benzene rings is 1. The van der Waals surface area contributed by atoms with Crippen LogP contribution in [0.5, 0.6) is 0 Å². The Balaban J connectivity index is 1.93. The number of carbonyl (C=O) groups excluding carboxylic acids is 2. The number of hydrogen-bond donors (Lipinski definition) is 1. The molecule has 1 aromatic heterocycles. The molecule has 152 valence electrons. The van der Waals surface area contributed by atoms with Crippen molar-refractivity contribution in [3.05, 3.63) is 46.0 Å². The Morgan fingerprint density at radius 1 is 1.30 bits per heavy atom. The molecular weight excluding hydrogens is 386 g/mol. The van der Waals surface area contributed by atoms with E-state index in [0.717, 1.165) is 0 Å². The molecule has 30 heavy (non-hydrogen) atoms. The first-order chi connectivity index (χ1) is 14.3. The summed E-state index contributed by atoms with van der Waals surface area (Å²) in [5.74, 6) is 0.126. The van der Waals surface area contributed by atoms with E-state index in [1.807, 2.05) is 6.07 Å². The lowest BCUT2D eigenvalue weighted by atomic mass is 10.0. The highest BCUT2D eigenvalue weighted by Crippen LogP contribution is 2.48. The molecule has 1 saturated carbocycles. The van der Waals surface area contributed by atoms with Crippen molar-refractivity contribution in [2.75, 3.05) is 12.4 Å². The third-order valence-electron chi connectivity index (χ3n) is 5.01. The van der Waals surface area contributed by atoms with Crippen LogP contribution in [-0.4, -0.2) is 28.5 Å². The molecule has 0 spiro atoms. The average Bonchev–Trinajstić information content (AvgIpc) is 3.50. The Kier molecular flexibility index (Phi) is 5.65. The molecular formula is C21H19N5O4. The fourth-order valence-corrected chi connectivity index (χ4v) is 3.14. The van der Waals surface area contributed by atoms with Gasteiger partial charge >= 0.3 is 6.09 Å². The number of nitrogens with zero attached hydrogens (tertiary/aromatic N) is 4. The van der Waals surface area contributed by atoms with Crippen LogP contribution in [0.25, 0.3) is 11.3 Å². The number of methoxy groups -OCH3 is 1. The zero-order valence-corrected chi connectivity index (χ0v) is 16.6. The van der Waals surface area contributed by atoms with E-state index in [4.69, 9.17) is 10.5 Å².